The van der Waals surface area contributed by atoms with Crippen molar-refractivity contribution < 1.29 is 23.1 Å². The molecule has 0 amide bonds. The van der Waals surface area contributed by atoms with E-state index in [0.29, 0.717) is 13.0 Å². The first-order chi connectivity index (χ1) is 16.8. The number of carboxylic acids is 1. The molecule has 1 fully saturated rings. The molecule has 35 heavy (non-hydrogen) atoms. The van der Waals surface area contributed by atoms with Gasteiger partial charge in [-0.05, 0) is 23.1 Å². The van der Waals surface area contributed by atoms with Crippen LogP contribution in [0, 0.1) is 0 Å². The van der Waals surface area contributed by atoms with Crippen LogP contribution in [-0.4, -0.2) is 61.1 Å². The maximum absolute atomic E-state index is 12.6. The molecule has 3 aromatic rings. The second-order valence-electron chi connectivity index (χ2n) is 8.65. The van der Waals surface area contributed by atoms with Crippen LogP contribution in [0.3, 0.4) is 0 Å². The standard InChI is InChI=1S/C27H29NO5S2/c1-35(31,32)28-18-25(17-24(28)19-33-20-26(29)30)34-27(21-11-5-2-6-12-21,22-13-7-3-8-14-22)23-15-9-4-10-16-23/h2-16,24-25H,17-20H2,1H3,(H,29,30). The average molecular weight is 512 g/mol. The van der Waals surface area contributed by atoms with Crippen LogP contribution in [0.1, 0.15) is 23.1 Å². The Kier molecular flexibility index (Phi) is 7.96. The van der Waals surface area contributed by atoms with E-state index in [4.69, 9.17) is 9.84 Å². The Hall–Kier alpha value is -2.65. The van der Waals surface area contributed by atoms with Crippen LogP contribution in [0.5, 0.6) is 0 Å². The summed E-state index contributed by atoms with van der Waals surface area (Å²) in [6.07, 6.45) is 1.76. The summed E-state index contributed by atoms with van der Waals surface area (Å²) in [6.45, 7) is -0.0712. The molecule has 1 heterocycles. The van der Waals surface area contributed by atoms with E-state index >= 15 is 0 Å². The number of carbonyl (C=O) groups is 1. The van der Waals surface area contributed by atoms with Gasteiger partial charge in [0.05, 0.1) is 17.6 Å². The predicted molar refractivity (Wildman–Crippen MR) is 139 cm³/mol. The molecule has 0 spiro atoms. The maximum atomic E-state index is 12.6. The summed E-state index contributed by atoms with van der Waals surface area (Å²) >= 11 is 1.74. The van der Waals surface area contributed by atoms with Gasteiger partial charge in [0, 0.05) is 17.8 Å². The number of nitrogens with zero attached hydrogens (tertiary/aromatic N) is 1. The number of hydrogen-bond donors (Lipinski definition) is 1. The number of carboxylic acid groups (broad SMARTS) is 1. The quantitative estimate of drug-likeness (QED) is 0.411. The van der Waals surface area contributed by atoms with E-state index in [-0.39, 0.29) is 11.9 Å². The monoisotopic (exact) mass is 511 g/mol. The smallest absolute Gasteiger partial charge is 0.329 e. The summed E-state index contributed by atoms with van der Waals surface area (Å²) < 4.78 is 31.4. The zero-order valence-electron chi connectivity index (χ0n) is 19.5. The Morgan fingerprint density at radius 2 is 1.40 bits per heavy atom. The lowest BCUT2D eigenvalue weighted by Crippen LogP contribution is -2.38. The lowest BCUT2D eigenvalue weighted by molar-refractivity contribution is -0.142. The Bertz CT molecular complexity index is 1120. The highest BCUT2D eigenvalue weighted by Crippen LogP contribution is 2.52. The first-order valence-electron chi connectivity index (χ1n) is 11.4. The predicted octanol–water partition coefficient (Wildman–Crippen LogP) is 4.22. The second kappa shape index (κ2) is 11.0. The molecule has 0 saturated carbocycles. The molecular formula is C27H29NO5S2. The molecule has 0 aliphatic carbocycles. The molecule has 4 rings (SSSR count). The fourth-order valence-electron chi connectivity index (χ4n) is 4.74. The van der Waals surface area contributed by atoms with E-state index in [1.807, 2.05) is 54.6 Å². The molecule has 1 aliphatic rings. The zero-order valence-corrected chi connectivity index (χ0v) is 21.1. The van der Waals surface area contributed by atoms with E-state index < -0.39 is 33.4 Å². The van der Waals surface area contributed by atoms with Crippen molar-refractivity contribution in [2.24, 2.45) is 0 Å². The molecule has 6 nitrogen and oxygen atoms in total. The third kappa shape index (κ3) is 5.78. The minimum atomic E-state index is -3.49. The van der Waals surface area contributed by atoms with Crippen LogP contribution < -0.4 is 0 Å². The molecule has 0 aromatic heterocycles. The highest BCUT2D eigenvalue weighted by atomic mass is 32.2. The molecule has 2 unspecified atom stereocenters. The van der Waals surface area contributed by atoms with E-state index in [1.165, 1.54) is 10.6 Å². The van der Waals surface area contributed by atoms with E-state index in [1.54, 1.807) is 11.8 Å². The van der Waals surface area contributed by atoms with Gasteiger partial charge in [0.2, 0.25) is 10.0 Å². The van der Waals surface area contributed by atoms with Gasteiger partial charge in [-0.25, -0.2) is 13.2 Å². The SMILES string of the molecule is CS(=O)(=O)N1CC(SC(c2ccccc2)(c2ccccc2)c2ccccc2)CC1COCC(=O)O. The maximum Gasteiger partial charge on any atom is 0.329 e. The largest absolute Gasteiger partial charge is 0.480 e. The molecule has 184 valence electrons. The minimum Gasteiger partial charge on any atom is -0.480 e. The Labute approximate surface area is 211 Å². The molecule has 3 aromatic carbocycles. The van der Waals surface area contributed by atoms with E-state index in [0.717, 1.165) is 16.7 Å². The summed E-state index contributed by atoms with van der Waals surface area (Å²) in [4.78, 5) is 10.9. The highest BCUT2D eigenvalue weighted by Gasteiger charge is 2.45. The van der Waals surface area contributed by atoms with Gasteiger partial charge in [0.15, 0.2) is 0 Å². The topological polar surface area (TPSA) is 83.9 Å². The fraction of sp³-hybridized carbons (Fsp3) is 0.296. The van der Waals surface area contributed by atoms with Gasteiger partial charge >= 0.3 is 5.97 Å². The van der Waals surface area contributed by atoms with Gasteiger partial charge in [-0.15, -0.1) is 11.8 Å². The fourth-order valence-corrected chi connectivity index (χ4v) is 7.85. The number of aliphatic carboxylic acids is 1. The summed E-state index contributed by atoms with van der Waals surface area (Å²) in [7, 11) is -3.49. The first-order valence-corrected chi connectivity index (χ1v) is 14.1. The molecule has 1 saturated heterocycles. The minimum absolute atomic E-state index is 0.0382. The Morgan fingerprint density at radius 1 is 0.943 bits per heavy atom. The van der Waals surface area contributed by atoms with Crippen molar-refractivity contribution in [1.29, 1.82) is 0 Å². The van der Waals surface area contributed by atoms with Crippen molar-refractivity contribution in [2.75, 3.05) is 26.0 Å². The van der Waals surface area contributed by atoms with Crippen LogP contribution >= 0.6 is 11.8 Å². The lowest BCUT2D eigenvalue weighted by Gasteiger charge is -2.37. The summed E-state index contributed by atoms with van der Waals surface area (Å²) in [6, 6.07) is 30.4. The lowest BCUT2D eigenvalue weighted by atomic mass is 9.84. The number of thioether (sulfide) groups is 1. The van der Waals surface area contributed by atoms with Crippen LogP contribution in [-0.2, 0) is 24.3 Å². The number of rotatable bonds is 10. The van der Waals surface area contributed by atoms with Gasteiger partial charge in [-0.2, -0.15) is 4.31 Å². The van der Waals surface area contributed by atoms with Crippen molar-refractivity contribution in [3.8, 4) is 0 Å². The van der Waals surface area contributed by atoms with Crippen molar-refractivity contribution >= 4 is 27.8 Å². The number of ether oxygens (including phenoxy) is 1. The molecule has 2 atom stereocenters. The summed E-state index contributed by atoms with van der Waals surface area (Å²) in [5.41, 5.74) is 3.33. The zero-order chi connectivity index (χ0) is 24.9. The van der Waals surface area contributed by atoms with Crippen molar-refractivity contribution in [3.05, 3.63) is 108 Å². The van der Waals surface area contributed by atoms with Crippen LogP contribution in [0.25, 0.3) is 0 Å². The normalized spacial score (nSPS) is 19.0. The Balaban J connectivity index is 1.76. The Morgan fingerprint density at radius 3 is 1.80 bits per heavy atom. The van der Waals surface area contributed by atoms with E-state index in [9.17, 15) is 13.2 Å². The average Bonchev–Trinajstić information content (AvgIpc) is 3.27. The summed E-state index contributed by atoms with van der Waals surface area (Å²) in [5, 5.41) is 8.90. The van der Waals surface area contributed by atoms with E-state index in [2.05, 4.69) is 36.4 Å². The van der Waals surface area contributed by atoms with Crippen molar-refractivity contribution in [1.82, 2.24) is 4.31 Å². The third-order valence-electron chi connectivity index (χ3n) is 6.17. The van der Waals surface area contributed by atoms with Crippen LogP contribution in [0.2, 0.25) is 0 Å². The van der Waals surface area contributed by atoms with Crippen molar-refractivity contribution in [2.45, 2.75) is 22.5 Å². The molecule has 1 aliphatic heterocycles. The van der Waals surface area contributed by atoms with Gasteiger partial charge in [0.1, 0.15) is 6.61 Å². The van der Waals surface area contributed by atoms with Gasteiger partial charge in [0.25, 0.3) is 0 Å². The first kappa shape index (κ1) is 25.4. The number of benzene rings is 3. The second-order valence-corrected chi connectivity index (χ2v) is 12.1. The van der Waals surface area contributed by atoms with Gasteiger partial charge in [-0.3, -0.25) is 0 Å². The van der Waals surface area contributed by atoms with Crippen LogP contribution in [0.4, 0.5) is 0 Å². The van der Waals surface area contributed by atoms with Crippen molar-refractivity contribution in [3.63, 3.8) is 0 Å². The van der Waals surface area contributed by atoms with Gasteiger partial charge < -0.3 is 9.84 Å². The molecule has 1 N–H and O–H groups in total. The molecule has 0 bridgehead atoms. The van der Waals surface area contributed by atoms with Crippen LogP contribution in [0.15, 0.2) is 91.0 Å². The third-order valence-corrected chi connectivity index (χ3v) is 9.21. The number of hydrogen-bond acceptors (Lipinski definition) is 5. The molecule has 8 heteroatoms. The summed E-state index contributed by atoms with van der Waals surface area (Å²) in [5.74, 6) is -1.07. The number of sulfonamides is 1. The van der Waals surface area contributed by atoms with Gasteiger partial charge in [-0.1, -0.05) is 91.0 Å². The highest BCUT2D eigenvalue weighted by molar-refractivity contribution is 8.01. The molecule has 0 radical (unpaired) electrons. The molecular weight excluding hydrogens is 482 g/mol.